The number of aromatic nitrogens is 3. The van der Waals surface area contributed by atoms with E-state index in [1.165, 1.54) is 18.3 Å². The largest absolute Gasteiger partial charge is 0.574 e. The molecule has 0 bridgehead atoms. The van der Waals surface area contributed by atoms with Crippen LogP contribution in [0.5, 0.6) is 5.88 Å². The van der Waals surface area contributed by atoms with Crippen molar-refractivity contribution < 1.29 is 17.9 Å². The van der Waals surface area contributed by atoms with Crippen LogP contribution in [0, 0.1) is 0 Å². The molecule has 0 fully saturated rings. The van der Waals surface area contributed by atoms with Gasteiger partial charge in [-0.25, -0.2) is 4.98 Å². The van der Waals surface area contributed by atoms with Crippen LogP contribution in [-0.4, -0.2) is 28.2 Å². The Kier molecular flexibility index (Phi) is 3.59. The minimum Gasteiger partial charge on any atom is -0.388 e. The van der Waals surface area contributed by atoms with Crippen LogP contribution >= 0.6 is 0 Å². The Morgan fingerprint density at radius 1 is 1.32 bits per heavy atom. The maximum atomic E-state index is 11.9. The number of nitrogens with zero attached hydrogens (tertiary/aromatic N) is 3. The number of rotatable bonds is 4. The molecule has 2 heterocycles. The lowest BCUT2D eigenvalue weighted by molar-refractivity contribution is -0.276. The van der Waals surface area contributed by atoms with Crippen molar-refractivity contribution in [3.8, 4) is 5.88 Å². The number of halogens is 3. The second-order valence-electron chi connectivity index (χ2n) is 3.73. The average molecular weight is 272 g/mol. The van der Waals surface area contributed by atoms with Gasteiger partial charge in [0.15, 0.2) is 0 Å². The number of anilines is 1. The highest BCUT2D eigenvalue weighted by Gasteiger charge is 2.31. The molecule has 0 aliphatic carbocycles. The topological polar surface area (TPSA) is 52.0 Å². The SMILES string of the molecule is CNc1cnn(Cc2ccc(OC(F)(F)F)nc2)c1. The Hall–Kier alpha value is -2.25. The second-order valence-corrected chi connectivity index (χ2v) is 3.73. The third-order valence-corrected chi connectivity index (χ3v) is 2.28. The predicted molar refractivity (Wildman–Crippen MR) is 61.8 cm³/mol. The lowest BCUT2D eigenvalue weighted by atomic mass is 10.3. The third-order valence-electron chi connectivity index (χ3n) is 2.28. The second kappa shape index (κ2) is 5.17. The van der Waals surface area contributed by atoms with E-state index in [9.17, 15) is 13.2 Å². The van der Waals surface area contributed by atoms with Gasteiger partial charge in [-0.05, 0) is 5.56 Å². The first kappa shape index (κ1) is 13.2. The fourth-order valence-electron chi connectivity index (χ4n) is 1.45. The standard InChI is InChI=1S/C11H11F3N4O/c1-15-9-5-17-18(7-9)6-8-2-3-10(16-4-8)19-11(12,13)14/h2-5,7,15H,6H2,1H3. The Morgan fingerprint density at radius 2 is 2.11 bits per heavy atom. The summed E-state index contributed by atoms with van der Waals surface area (Å²) < 4.78 is 41.2. The van der Waals surface area contributed by atoms with Gasteiger partial charge in [0.1, 0.15) is 0 Å². The van der Waals surface area contributed by atoms with E-state index in [0.29, 0.717) is 6.54 Å². The molecule has 0 radical (unpaired) electrons. The van der Waals surface area contributed by atoms with E-state index in [-0.39, 0.29) is 0 Å². The van der Waals surface area contributed by atoms with Crippen LogP contribution in [0.25, 0.3) is 0 Å². The van der Waals surface area contributed by atoms with Gasteiger partial charge < -0.3 is 10.1 Å². The van der Waals surface area contributed by atoms with Crippen LogP contribution in [0.15, 0.2) is 30.7 Å². The summed E-state index contributed by atoms with van der Waals surface area (Å²) in [4.78, 5) is 3.59. The molecule has 0 saturated heterocycles. The zero-order valence-corrected chi connectivity index (χ0v) is 9.98. The van der Waals surface area contributed by atoms with Crippen molar-refractivity contribution in [2.75, 3.05) is 12.4 Å². The van der Waals surface area contributed by atoms with Crippen molar-refractivity contribution in [2.45, 2.75) is 12.9 Å². The molecular formula is C11H11F3N4O. The quantitative estimate of drug-likeness (QED) is 0.927. The Balaban J connectivity index is 2.02. The summed E-state index contributed by atoms with van der Waals surface area (Å²) in [5.74, 6) is -0.479. The van der Waals surface area contributed by atoms with E-state index < -0.39 is 12.2 Å². The first-order chi connectivity index (χ1) is 8.96. The van der Waals surface area contributed by atoms with Gasteiger partial charge in [-0.2, -0.15) is 5.10 Å². The zero-order chi connectivity index (χ0) is 13.9. The van der Waals surface area contributed by atoms with E-state index in [1.807, 2.05) is 0 Å². The molecule has 8 heteroatoms. The van der Waals surface area contributed by atoms with E-state index >= 15 is 0 Å². The Bertz CT molecular complexity index is 536. The lowest BCUT2D eigenvalue weighted by Crippen LogP contribution is -2.17. The van der Waals surface area contributed by atoms with Gasteiger partial charge in [0.25, 0.3) is 0 Å². The van der Waals surface area contributed by atoms with Crippen LogP contribution in [0.4, 0.5) is 18.9 Å². The molecule has 0 aliphatic rings. The average Bonchev–Trinajstić information content (AvgIpc) is 2.77. The highest BCUT2D eigenvalue weighted by Crippen LogP contribution is 2.20. The summed E-state index contributed by atoms with van der Waals surface area (Å²) in [7, 11) is 1.77. The lowest BCUT2D eigenvalue weighted by Gasteiger charge is -2.08. The van der Waals surface area contributed by atoms with E-state index in [0.717, 1.165) is 11.3 Å². The Morgan fingerprint density at radius 3 is 2.63 bits per heavy atom. The highest BCUT2D eigenvalue weighted by atomic mass is 19.4. The molecule has 0 atom stereocenters. The molecule has 2 rings (SSSR count). The summed E-state index contributed by atoms with van der Waals surface area (Å²) in [6.07, 6.45) is 0.0225. The van der Waals surface area contributed by atoms with Crippen molar-refractivity contribution in [3.05, 3.63) is 36.3 Å². The van der Waals surface area contributed by atoms with Gasteiger partial charge in [0.2, 0.25) is 5.88 Å². The molecule has 0 unspecified atom stereocenters. The molecule has 2 aromatic heterocycles. The van der Waals surface area contributed by atoms with Gasteiger partial charge in [-0.1, -0.05) is 6.07 Å². The fourth-order valence-corrected chi connectivity index (χ4v) is 1.45. The number of pyridine rings is 1. The maximum absolute atomic E-state index is 11.9. The van der Waals surface area contributed by atoms with Crippen molar-refractivity contribution in [2.24, 2.45) is 0 Å². The molecule has 0 aliphatic heterocycles. The van der Waals surface area contributed by atoms with Crippen LogP contribution < -0.4 is 10.1 Å². The van der Waals surface area contributed by atoms with Crippen LogP contribution in [0.3, 0.4) is 0 Å². The first-order valence-corrected chi connectivity index (χ1v) is 5.37. The van der Waals surface area contributed by atoms with Gasteiger partial charge in [0, 0.05) is 25.5 Å². The number of alkyl halides is 3. The molecule has 0 amide bonds. The number of hydrogen-bond donors (Lipinski definition) is 1. The smallest absolute Gasteiger partial charge is 0.388 e. The Labute approximate surface area is 107 Å². The summed E-state index contributed by atoms with van der Waals surface area (Å²) in [6, 6.07) is 2.68. The molecule has 0 aromatic carbocycles. The maximum Gasteiger partial charge on any atom is 0.574 e. The molecule has 1 N–H and O–H groups in total. The van der Waals surface area contributed by atoms with E-state index in [2.05, 4.69) is 20.1 Å². The fraction of sp³-hybridized carbons (Fsp3) is 0.273. The van der Waals surface area contributed by atoms with E-state index in [1.54, 1.807) is 24.1 Å². The predicted octanol–water partition coefficient (Wildman–Crippen LogP) is 2.27. The molecule has 0 spiro atoms. The summed E-state index contributed by atoms with van der Waals surface area (Å²) in [5.41, 5.74) is 1.57. The number of hydrogen-bond acceptors (Lipinski definition) is 4. The van der Waals surface area contributed by atoms with E-state index in [4.69, 9.17) is 0 Å². The summed E-state index contributed by atoms with van der Waals surface area (Å²) >= 11 is 0. The molecular weight excluding hydrogens is 261 g/mol. The van der Waals surface area contributed by atoms with Crippen molar-refractivity contribution in [3.63, 3.8) is 0 Å². The van der Waals surface area contributed by atoms with Crippen molar-refractivity contribution in [1.29, 1.82) is 0 Å². The number of ether oxygens (including phenoxy) is 1. The minimum absolute atomic E-state index is 0.418. The third kappa shape index (κ3) is 3.87. The molecule has 0 saturated carbocycles. The normalized spacial score (nSPS) is 11.4. The molecule has 5 nitrogen and oxygen atoms in total. The monoisotopic (exact) mass is 272 g/mol. The summed E-state index contributed by atoms with van der Waals surface area (Å²) in [5, 5.41) is 7.00. The first-order valence-electron chi connectivity index (χ1n) is 5.37. The molecule has 19 heavy (non-hydrogen) atoms. The van der Waals surface area contributed by atoms with Gasteiger partial charge in [0.05, 0.1) is 18.4 Å². The molecule has 2 aromatic rings. The van der Waals surface area contributed by atoms with Crippen molar-refractivity contribution >= 4 is 5.69 Å². The summed E-state index contributed by atoms with van der Waals surface area (Å²) in [6.45, 7) is 0.418. The zero-order valence-electron chi connectivity index (χ0n) is 9.98. The number of nitrogens with one attached hydrogen (secondary N) is 1. The van der Waals surface area contributed by atoms with Crippen LogP contribution in [0.2, 0.25) is 0 Å². The minimum atomic E-state index is -4.72. The van der Waals surface area contributed by atoms with Gasteiger partial charge in [-0.15, -0.1) is 13.2 Å². The van der Waals surface area contributed by atoms with Crippen molar-refractivity contribution in [1.82, 2.24) is 14.8 Å². The van der Waals surface area contributed by atoms with Gasteiger partial charge in [-0.3, -0.25) is 4.68 Å². The van der Waals surface area contributed by atoms with Crippen LogP contribution in [0.1, 0.15) is 5.56 Å². The highest BCUT2D eigenvalue weighted by molar-refractivity contribution is 5.37. The van der Waals surface area contributed by atoms with Gasteiger partial charge >= 0.3 is 6.36 Å². The molecule has 102 valence electrons. The van der Waals surface area contributed by atoms with Crippen LogP contribution in [-0.2, 0) is 6.54 Å².